The molecule has 116 valence electrons. The van der Waals surface area contributed by atoms with Crippen molar-refractivity contribution in [1.82, 2.24) is 15.0 Å². The number of rotatable bonds is 3. The Hall–Kier alpha value is -3.27. The molecule has 4 aromatic rings. The molecule has 0 aliphatic carbocycles. The van der Waals surface area contributed by atoms with Crippen molar-refractivity contribution in [3.05, 3.63) is 79.6 Å². The Labute approximate surface area is 140 Å². The highest BCUT2D eigenvalue weighted by Crippen LogP contribution is 2.29. The Bertz CT molecular complexity index is 983. The highest BCUT2D eigenvalue weighted by molar-refractivity contribution is 5.87. The number of fused-ring (bicyclic) bond motifs is 1. The van der Waals surface area contributed by atoms with Gasteiger partial charge in [0.2, 0.25) is 0 Å². The van der Waals surface area contributed by atoms with Crippen molar-refractivity contribution in [2.75, 3.05) is 11.9 Å². The van der Waals surface area contributed by atoms with E-state index < -0.39 is 0 Å². The van der Waals surface area contributed by atoms with Crippen molar-refractivity contribution >= 4 is 22.1 Å². The van der Waals surface area contributed by atoms with E-state index in [0.717, 1.165) is 22.5 Å². The molecular weight excluding hydrogens is 296 g/mol. The zero-order valence-corrected chi connectivity index (χ0v) is 13.3. The van der Waals surface area contributed by atoms with E-state index >= 15 is 0 Å². The number of nitrogens with zero attached hydrogens (tertiary/aromatic N) is 4. The second-order valence-corrected chi connectivity index (χ2v) is 5.65. The van der Waals surface area contributed by atoms with Crippen LogP contribution >= 0.6 is 0 Å². The van der Waals surface area contributed by atoms with Crippen LogP contribution in [0.1, 0.15) is 0 Å². The minimum absolute atomic E-state index is 0.957. The van der Waals surface area contributed by atoms with Crippen molar-refractivity contribution < 1.29 is 0 Å². The molecule has 0 aliphatic heterocycles. The molecule has 4 heteroatoms. The van der Waals surface area contributed by atoms with E-state index in [2.05, 4.69) is 68.4 Å². The summed E-state index contributed by atoms with van der Waals surface area (Å²) in [6.07, 6.45) is 8.81. The second-order valence-electron chi connectivity index (χ2n) is 5.65. The summed E-state index contributed by atoms with van der Waals surface area (Å²) in [5, 5.41) is 2.46. The van der Waals surface area contributed by atoms with E-state index in [9.17, 15) is 0 Å². The van der Waals surface area contributed by atoms with Gasteiger partial charge in [-0.15, -0.1) is 0 Å². The van der Waals surface area contributed by atoms with E-state index in [1.165, 1.54) is 17.1 Å². The molecule has 0 fully saturated rings. The molecule has 0 N–H and O–H groups in total. The molecule has 0 saturated heterocycles. The van der Waals surface area contributed by atoms with Gasteiger partial charge in [-0.05, 0) is 29.0 Å². The fourth-order valence-electron chi connectivity index (χ4n) is 2.75. The van der Waals surface area contributed by atoms with E-state index in [1.807, 2.05) is 19.4 Å². The number of benzene rings is 2. The molecule has 0 radical (unpaired) electrons. The smallest absolute Gasteiger partial charge is 0.115 e. The second kappa shape index (κ2) is 6.08. The quantitative estimate of drug-likeness (QED) is 0.560. The maximum Gasteiger partial charge on any atom is 0.115 e. The largest absolute Gasteiger partial charge is 0.343 e. The third-order valence-corrected chi connectivity index (χ3v) is 4.13. The Kier molecular flexibility index (Phi) is 3.63. The number of aromatic nitrogens is 3. The molecular formula is C20H16N4. The lowest BCUT2D eigenvalue weighted by atomic mass is 10.1. The summed E-state index contributed by atoms with van der Waals surface area (Å²) < 4.78 is 0. The van der Waals surface area contributed by atoms with Gasteiger partial charge in [0.1, 0.15) is 6.33 Å². The Morgan fingerprint density at radius 2 is 1.42 bits per heavy atom. The first kappa shape index (κ1) is 14.3. The normalized spacial score (nSPS) is 10.7. The molecule has 0 aliphatic rings. The maximum atomic E-state index is 4.37. The molecule has 4 rings (SSSR count). The average Bonchev–Trinajstić information content (AvgIpc) is 2.68. The predicted molar refractivity (Wildman–Crippen MR) is 97.3 cm³/mol. The molecule has 0 spiro atoms. The molecule has 2 aromatic heterocycles. The van der Waals surface area contributed by atoms with Crippen LogP contribution in [0.15, 0.2) is 79.6 Å². The molecule has 0 saturated carbocycles. The average molecular weight is 312 g/mol. The topological polar surface area (TPSA) is 41.9 Å². The van der Waals surface area contributed by atoms with Crippen LogP contribution in [0.4, 0.5) is 11.4 Å². The van der Waals surface area contributed by atoms with Crippen LogP contribution in [0.3, 0.4) is 0 Å². The molecule has 0 unspecified atom stereocenters. The SMILES string of the molecule is CN(c1cncc(-c2cncnc2)c1)c1ccc2ccccc2c1. The Morgan fingerprint density at radius 1 is 0.667 bits per heavy atom. The van der Waals surface area contributed by atoms with Gasteiger partial charge in [0.15, 0.2) is 0 Å². The van der Waals surface area contributed by atoms with Crippen molar-refractivity contribution in [3.8, 4) is 11.1 Å². The minimum atomic E-state index is 0.957. The monoisotopic (exact) mass is 312 g/mol. The van der Waals surface area contributed by atoms with Crippen LogP contribution < -0.4 is 4.90 Å². The van der Waals surface area contributed by atoms with Gasteiger partial charge < -0.3 is 4.90 Å². The number of hydrogen-bond acceptors (Lipinski definition) is 4. The zero-order valence-electron chi connectivity index (χ0n) is 13.3. The van der Waals surface area contributed by atoms with E-state index in [0.29, 0.717) is 0 Å². The van der Waals surface area contributed by atoms with Gasteiger partial charge in [-0.2, -0.15) is 0 Å². The van der Waals surface area contributed by atoms with Crippen LogP contribution in [0.5, 0.6) is 0 Å². The standard InChI is InChI=1S/C20H16N4/c1-24(19-7-6-15-4-2-3-5-16(15)8-19)20-9-17(10-21-13-20)18-11-22-14-23-12-18/h2-14H,1H3. The first-order valence-electron chi connectivity index (χ1n) is 7.74. The van der Waals surface area contributed by atoms with Crippen LogP contribution in [0, 0.1) is 0 Å². The summed E-state index contributed by atoms with van der Waals surface area (Å²) in [7, 11) is 2.05. The third-order valence-electron chi connectivity index (χ3n) is 4.13. The van der Waals surface area contributed by atoms with E-state index in [1.54, 1.807) is 12.4 Å². The van der Waals surface area contributed by atoms with Crippen LogP contribution in [-0.4, -0.2) is 22.0 Å². The molecule has 0 amide bonds. The number of hydrogen-bond donors (Lipinski definition) is 0. The molecule has 24 heavy (non-hydrogen) atoms. The van der Waals surface area contributed by atoms with Gasteiger partial charge in [-0.25, -0.2) is 9.97 Å². The Morgan fingerprint density at radius 3 is 2.25 bits per heavy atom. The molecule has 0 bridgehead atoms. The van der Waals surface area contributed by atoms with Gasteiger partial charge >= 0.3 is 0 Å². The molecule has 0 atom stereocenters. The highest BCUT2D eigenvalue weighted by atomic mass is 15.1. The first-order chi connectivity index (χ1) is 11.8. The van der Waals surface area contributed by atoms with E-state index in [-0.39, 0.29) is 0 Å². The van der Waals surface area contributed by atoms with Crippen molar-refractivity contribution in [3.63, 3.8) is 0 Å². The number of anilines is 2. The summed E-state index contributed by atoms with van der Waals surface area (Å²) in [5.41, 5.74) is 4.10. The van der Waals surface area contributed by atoms with Gasteiger partial charge in [-0.1, -0.05) is 30.3 Å². The summed E-state index contributed by atoms with van der Waals surface area (Å²) in [5.74, 6) is 0. The van der Waals surface area contributed by atoms with Crippen molar-refractivity contribution in [2.45, 2.75) is 0 Å². The molecule has 2 heterocycles. The fourth-order valence-corrected chi connectivity index (χ4v) is 2.75. The zero-order chi connectivity index (χ0) is 16.4. The van der Waals surface area contributed by atoms with Crippen LogP contribution in [0.25, 0.3) is 21.9 Å². The van der Waals surface area contributed by atoms with E-state index in [4.69, 9.17) is 0 Å². The van der Waals surface area contributed by atoms with Gasteiger partial charge in [0.25, 0.3) is 0 Å². The minimum Gasteiger partial charge on any atom is -0.343 e. The lowest BCUT2D eigenvalue weighted by Crippen LogP contribution is -2.09. The summed E-state index contributed by atoms with van der Waals surface area (Å²) in [6, 6.07) is 16.9. The van der Waals surface area contributed by atoms with Crippen LogP contribution in [-0.2, 0) is 0 Å². The maximum absolute atomic E-state index is 4.37. The lowest BCUT2D eigenvalue weighted by molar-refractivity contribution is 1.16. The summed E-state index contributed by atoms with van der Waals surface area (Å²) in [4.78, 5) is 14.7. The molecule has 2 aromatic carbocycles. The number of pyridine rings is 1. The predicted octanol–water partition coefficient (Wildman–Crippen LogP) is 4.46. The summed E-state index contributed by atoms with van der Waals surface area (Å²) in [6.45, 7) is 0. The lowest BCUT2D eigenvalue weighted by Gasteiger charge is -2.20. The van der Waals surface area contributed by atoms with Crippen molar-refractivity contribution in [1.29, 1.82) is 0 Å². The van der Waals surface area contributed by atoms with Gasteiger partial charge in [0, 0.05) is 42.5 Å². The van der Waals surface area contributed by atoms with Crippen molar-refractivity contribution in [2.24, 2.45) is 0 Å². The third kappa shape index (κ3) is 2.70. The van der Waals surface area contributed by atoms with Crippen LogP contribution in [0.2, 0.25) is 0 Å². The van der Waals surface area contributed by atoms with Gasteiger partial charge in [0.05, 0.1) is 11.9 Å². The first-order valence-corrected chi connectivity index (χ1v) is 7.74. The molecule has 4 nitrogen and oxygen atoms in total. The summed E-state index contributed by atoms with van der Waals surface area (Å²) >= 11 is 0. The fraction of sp³-hybridized carbons (Fsp3) is 0.0500. The Balaban J connectivity index is 1.72. The van der Waals surface area contributed by atoms with Gasteiger partial charge in [-0.3, -0.25) is 4.98 Å². The highest BCUT2D eigenvalue weighted by Gasteiger charge is 2.07.